The average molecular weight is 378 g/mol. The lowest BCUT2D eigenvalue weighted by atomic mass is 10.0. The maximum atomic E-state index is 14.4. The van der Waals surface area contributed by atoms with Gasteiger partial charge in [-0.3, -0.25) is 0 Å². The molecule has 0 spiro atoms. The number of alkyl halides is 3. The van der Waals surface area contributed by atoms with Gasteiger partial charge in [-0.05, 0) is 36.2 Å². The highest BCUT2D eigenvalue weighted by Gasteiger charge is 2.32. The average Bonchev–Trinajstić information content (AvgIpc) is 2.56. The second kappa shape index (κ2) is 7.16. The molecule has 0 radical (unpaired) electrons. The zero-order valence-electron chi connectivity index (χ0n) is 13.1. The molecule has 3 rings (SSSR count). The molecule has 0 atom stereocenters. The van der Waals surface area contributed by atoms with Gasteiger partial charge >= 0.3 is 6.36 Å². The van der Waals surface area contributed by atoms with E-state index in [2.05, 4.69) is 4.74 Å². The largest absolute Gasteiger partial charge is 0.573 e. The number of hydrogen-bond donors (Lipinski definition) is 0. The van der Waals surface area contributed by atoms with Crippen LogP contribution in [-0.2, 0) is 9.47 Å². The van der Waals surface area contributed by atoms with Crippen LogP contribution in [0.1, 0.15) is 18.3 Å². The summed E-state index contributed by atoms with van der Waals surface area (Å²) < 4.78 is 93.0. The molecule has 0 saturated carbocycles. The Morgan fingerprint density at radius 1 is 0.885 bits per heavy atom. The Morgan fingerprint density at radius 3 is 2.04 bits per heavy atom. The molecule has 2 aromatic rings. The van der Waals surface area contributed by atoms with Crippen molar-refractivity contribution in [1.82, 2.24) is 0 Å². The van der Waals surface area contributed by atoms with E-state index in [0.29, 0.717) is 31.8 Å². The monoisotopic (exact) mass is 378 g/mol. The molecule has 2 aromatic carbocycles. The van der Waals surface area contributed by atoms with E-state index in [1.54, 1.807) is 0 Å². The minimum atomic E-state index is -5.08. The first-order chi connectivity index (χ1) is 12.2. The third-order valence-electron chi connectivity index (χ3n) is 3.61. The highest BCUT2D eigenvalue weighted by Crippen LogP contribution is 2.34. The first kappa shape index (κ1) is 18.5. The molecule has 1 aliphatic heterocycles. The van der Waals surface area contributed by atoms with E-state index in [1.165, 1.54) is 0 Å². The number of halogens is 6. The molecule has 0 bridgehead atoms. The zero-order chi connectivity index (χ0) is 18.9. The van der Waals surface area contributed by atoms with Gasteiger partial charge in [-0.25, -0.2) is 13.2 Å². The zero-order valence-corrected chi connectivity index (χ0v) is 13.1. The molecular formula is C17H12F6O3. The maximum absolute atomic E-state index is 14.4. The van der Waals surface area contributed by atoms with Crippen LogP contribution >= 0.6 is 0 Å². The summed E-state index contributed by atoms with van der Waals surface area (Å²) in [4.78, 5) is 0. The smallest absolute Gasteiger partial charge is 0.403 e. The topological polar surface area (TPSA) is 27.7 Å². The lowest BCUT2D eigenvalue weighted by Gasteiger charge is -2.24. The van der Waals surface area contributed by atoms with Gasteiger partial charge in [-0.1, -0.05) is 6.07 Å². The minimum Gasteiger partial charge on any atom is -0.403 e. The number of hydrogen-bond acceptors (Lipinski definition) is 3. The molecule has 1 fully saturated rings. The molecule has 0 unspecified atom stereocenters. The van der Waals surface area contributed by atoms with E-state index in [9.17, 15) is 26.3 Å². The van der Waals surface area contributed by atoms with Crippen LogP contribution in [0, 0.1) is 17.5 Å². The van der Waals surface area contributed by atoms with Gasteiger partial charge in [0.1, 0.15) is 11.6 Å². The molecule has 0 aromatic heterocycles. The first-order valence-corrected chi connectivity index (χ1v) is 7.52. The van der Waals surface area contributed by atoms with E-state index in [0.717, 1.165) is 18.2 Å². The molecule has 0 amide bonds. The van der Waals surface area contributed by atoms with Crippen molar-refractivity contribution in [3.05, 3.63) is 53.3 Å². The Kier molecular flexibility index (Phi) is 5.10. The maximum Gasteiger partial charge on any atom is 0.573 e. The van der Waals surface area contributed by atoms with Gasteiger partial charge in [0, 0.05) is 5.56 Å². The predicted octanol–water partition coefficient (Wildman–Crippen LogP) is 5.11. The molecule has 26 heavy (non-hydrogen) atoms. The molecule has 0 N–H and O–H groups in total. The van der Waals surface area contributed by atoms with Gasteiger partial charge in [-0.2, -0.15) is 0 Å². The van der Waals surface area contributed by atoms with E-state index >= 15 is 0 Å². The van der Waals surface area contributed by atoms with Gasteiger partial charge in [0.2, 0.25) is 0 Å². The summed E-state index contributed by atoms with van der Waals surface area (Å²) in [5, 5.41) is 0. The van der Waals surface area contributed by atoms with Gasteiger partial charge in [-0.15, -0.1) is 13.2 Å². The molecule has 140 valence electrons. The molecule has 9 heteroatoms. The normalized spacial score (nSPS) is 15.9. The second-order valence-corrected chi connectivity index (χ2v) is 5.48. The summed E-state index contributed by atoms with van der Waals surface area (Å²) in [5.74, 6) is -4.55. The highest BCUT2D eigenvalue weighted by atomic mass is 19.4. The minimum absolute atomic E-state index is 0.112. The number of ether oxygens (including phenoxy) is 3. The second-order valence-electron chi connectivity index (χ2n) is 5.48. The molecule has 0 aliphatic carbocycles. The van der Waals surface area contributed by atoms with Crippen molar-refractivity contribution < 1.29 is 40.6 Å². The van der Waals surface area contributed by atoms with Gasteiger partial charge < -0.3 is 14.2 Å². The van der Waals surface area contributed by atoms with Crippen molar-refractivity contribution in [2.24, 2.45) is 0 Å². The van der Waals surface area contributed by atoms with E-state index in [4.69, 9.17) is 9.47 Å². The van der Waals surface area contributed by atoms with Crippen LogP contribution in [0.15, 0.2) is 30.3 Å². The van der Waals surface area contributed by atoms with Crippen molar-refractivity contribution in [3.8, 4) is 16.9 Å². The molecule has 1 saturated heterocycles. The quantitative estimate of drug-likeness (QED) is 0.695. The summed E-state index contributed by atoms with van der Waals surface area (Å²) in [6, 6.07) is 4.10. The Morgan fingerprint density at radius 2 is 1.50 bits per heavy atom. The van der Waals surface area contributed by atoms with Crippen molar-refractivity contribution in [1.29, 1.82) is 0 Å². The van der Waals surface area contributed by atoms with Crippen LogP contribution in [0.5, 0.6) is 5.75 Å². The van der Waals surface area contributed by atoms with Crippen LogP contribution < -0.4 is 4.74 Å². The van der Waals surface area contributed by atoms with E-state index < -0.39 is 41.4 Å². The van der Waals surface area contributed by atoms with Gasteiger partial charge in [0.05, 0.1) is 18.8 Å². The summed E-state index contributed by atoms with van der Waals surface area (Å²) >= 11 is 0. The lowest BCUT2D eigenvalue weighted by molar-refractivity contribution is -0.275. The molecular weight excluding hydrogens is 366 g/mol. The summed E-state index contributed by atoms with van der Waals surface area (Å²) in [6.07, 6.45) is -5.34. The number of benzene rings is 2. The van der Waals surface area contributed by atoms with E-state index in [1.807, 2.05) is 0 Å². The molecule has 1 aliphatic rings. The van der Waals surface area contributed by atoms with Crippen molar-refractivity contribution >= 4 is 0 Å². The summed E-state index contributed by atoms with van der Waals surface area (Å²) in [5.41, 5.74) is -0.743. The van der Waals surface area contributed by atoms with E-state index in [-0.39, 0.29) is 11.1 Å². The Hall–Kier alpha value is -2.26. The van der Waals surface area contributed by atoms with Crippen molar-refractivity contribution in [2.45, 2.75) is 19.1 Å². The fourth-order valence-corrected chi connectivity index (χ4v) is 2.55. The summed E-state index contributed by atoms with van der Waals surface area (Å²) in [6.45, 7) is 0.753. The lowest BCUT2D eigenvalue weighted by Crippen LogP contribution is -2.18. The summed E-state index contributed by atoms with van der Waals surface area (Å²) in [7, 11) is 0. The van der Waals surface area contributed by atoms with Crippen molar-refractivity contribution in [2.75, 3.05) is 13.2 Å². The standard InChI is InChI=1S/C17H12F6O3/c18-11-6-9(2-3-14(11)26-17(21,22)23)15-12(19)7-10(8-13(15)20)16-24-4-1-5-25-16/h2-3,6-8,16H,1,4-5H2. The fraction of sp³-hybridized carbons (Fsp3) is 0.294. The van der Waals surface area contributed by atoms with Crippen molar-refractivity contribution in [3.63, 3.8) is 0 Å². The third-order valence-corrected chi connectivity index (χ3v) is 3.61. The van der Waals surface area contributed by atoms with Crippen LogP contribution in [-0.4, -0.2) is 19.6 Å². The Balaban J connectivity index is 1.92. The van der Waals surface area contributed by atoms with Crippen LogP contribution in [0.2, 0.25) is 0 Å². The Labute approximate surface area is 144 Å². The van der Waals surface area contributed by atoms with Gasteiger partial charge in [0.15, 0.2) is 17.9 Å². The third kappa shape index (κ3) is 4.10. The first-order valence-electron chi connectivity index (χ1n) is 7.52. The Bertz CT molecular complexity index is 777. The van der Waals surface area contributed by atoms with Gasteiger partial charge in [0.25, 0.3) is 0 Å². The molecule has 3 nitrogen and oxygen atoms in total. The number of rotatable bonds is 3. The SMILES string of the molecule is Fc1cc(-c2c(F)cc(C3OCCCO3)cc2F)ccc1OC(F)(F)F. The molecule has 1 heterocycles. The van der Waals surface area contributed by atoms with Crippen LogP contribution in [0.25, 0.3) is 11.1 Å². The predicted molar refractivity (Wildman–Crippen MR) is 77.7 cm³/mol. The van der Waals surface area contributed by atoms with Crippen LogP contribution in [0.4, 0.5) is 26.3 Å². The highest BCUT2D eigenvalue weighted by molar-refractivity contribution is 5.66. The van der Waals surface area contributed by atoms with Crippen LogP contribution in [0.3, 0.4) is 0 Å². The fourth-order valence-electron chi connectivity index (χ4n) is 2.55.